The highest BCUT2D eigenvalue weighted by atomic mass is 16.2. The number of hydrogen-bond acceptors (Lipinski definition) is 4. The van der Waals surface area contributed by atoms with E-state index in [9.17, 15) is 14.4 Å². The number of nitrogens with zero attached hydrogens (tertiary/aromatic N) is 4. The van der Waals surface area contributed by atoms with Crippen LogP contribution in [-0.2, 0) is 25.3 Å². The third kappa shape index (κ3) is 3.97. The fourth-order valence-corrected chi connectivity index (χ4v) is 3.50. The summed E-state index contributed by atoms with van der Waals surface area (Å²) in [6.45, 7) is 4.58. The molecule has 0 bridgehead atoms. The van der Waals surface area contributed by atoms with Gasteiger partial charge in [0.1, 0.15) is 5.82 Å². The van der Waals surface area contributed by atoms with Crippen LogP contribution in [0.25, 0.3) is 0 Å². The lowest BCUT2D eigenvalue weighted by atomic mass is 10.1. The molecule has 0 spiro atoms. The van der Waals surface area contributed by atoms with Crippen LogP contribution in [0.15, 0.2) is 39.9 Å². The van der Waals surface area contributed by atoms with Gasteiger partial charge in [-0.15, -0.1) is 0 Å². The first-order chi connectivity index (χ1) is 12.9. The molecule has 3 rings (SSSR count). The highest BCUT2D eigenvalue weighted by molar-refractivity contribution is 5.79. The number of hydrogen-bond donors (Lipinski definition) is 0. The van der Waals surface area contributed by atoms with Gasteiger partial charge in [-0.2, -0.15) is 0 Å². The van der Waals surface area contributed by atoms with Crippen LogP contribution in [0, 0.1) is 6.92 Å². The van der Waals surface area contributed by atoms with E-state index in [0.29, 0.717) is 38.4 Å². The Kier molecular flexibility index (Phi) is 5.48. The van der Waals surface area contributed by atoms with E-state index in [4.69, 9.17) is 0 Å². The predicted molar refractivity (Wildman–Crippen MR) is 105 cm³/mol. The number of aromatic nitrogens is 2. The number of rotatable bonds is 3. The number of amides is 1. The van der Waals surface area contributed by atoms with Gasteiger partial charge in [0.25, 0.3) is 5.56 Å². The first kappa shape index (κ1) is 18.9. The zero-order chi connectivity index (χ0) is 19.6. The minimum absolute atomic E-state index is 0.115. The molecule has 1 aromatic carbocycles. The van der Waals surface area contributed by atoms with Crippen molar-refractivity contribution in [3.05, 3.63) is 62.3 Å². The van der Waals surface area contributed by atoms with E-state index < -0.39 is 0 Å². The summed E-state index contributed by atoms with van der Waals surface area (Å²) < 4.78 is 2.59. The highest BCUT2D eigenvalue weighted by Crippen LogP contribution is 2.15. The quantitative estimate of drug-likeness (QED) is 0.797. The fourth-order valence-electron chi connectivity index (χ4n) is 3.50. The largest absolute Gasteiger partial charge is 0.356 e. The number of benzene rings is 1. The van der Waals surface area contributed by atoms with Crippen LogP contribution in [0.1, 0.15) is 17.5 Å². The second-order valence-electron chi connectivity index (χ2n) is 7.07. The van der Waals surface area contributed by atoms with Gasteiger partial charge in [-0.25, -0.2) is 4.79 Å². The summed E-state index contributed by atoms with van der Waals surface area (Å²) in [5, 5.41) is 0. The molecule has 1 amide bonds. The molecule has 7 nitrogen and oxygen atoms in total. The van der Waals surface area contributed by atoms with Crippen molar-refractivity contribution in [3.63, 3.8) is 0 Å². The molecule has 0 aliphatic carbocycles. The molecule has 1 aliphatic heterocycles. The maximum atomic E-state index is 12.7. The fraction of sp³-hybridized carbons (Fsp3) is 0.450. The Labute approximate surface area is 158 Å². The number of carbonyl (C=O) groups is 1. The minimum atomic E-state index is -0.339. The third-order valence-corrected chi connectivity index (χ3v) is 5.28. The van der Waals surface area contributed by atoms with E-state index >= 15 is 0 Å². The van der Waals surface area contributed by atoms with Gasteiger partial charge in [0, 0.05) is 46.3 Å². The van der Waals surface area contributed by atoms with Crippen molar-refractivity contribution < 1.29 is 4.79 Å². The van der Waals surface area contributed by atoms with Crippen molar-refractivity contribution in [2.75, 3.05) is 31.1 Å². The molecule has 0 unspecified atom stereocenters. The average molecular weight is 370 g/mol. The SMILES string of the molecule is Cc1ccccc1CC(=O)N1CCCN(c2cc(=O)n(C)c(=O)n2C)CC1. The van der Waals surface area contributed by atoms with Gasteiger partial charge in [0.05, 0.1) is 6.42 Å². The third-order valence-electron chi connectivity index (χ3n) is 5.28. The predicted octanol–water partition coefficient (Wildman–Crippen LogP) is 0.674. The van der Waals surface area contributed by atoms with Crippen molar-refractivity contribution in [3.8, 4) is 0 Å². The van der Waals surface area contributed by atoms with Crippen LogP contribution in [0.4, 0.5) is 5.82 Å². The summed E-state index contributed by atoms with van der Waals surface area (Å²) in [5.74, 6) is 0.723. The molecule has 0 N–H and O–H groups in total. The Balaban J connectivity index is 1.73. The Bertz CT molecular complexity index is 960. The molecule has 2 heterocycles. The summed E-state index contributed by atoms with van der Waals surface area (Å²) in [7, 11) is 3.14. The standard InChI is InChI=1S/C20H26N4O3/c1-15-7-4-5-8-16(15)13-19(26)24-10-6-9-23(11-12-24)17-14-18(25)22(3)20(27)21(17)2/h4-5,7-8,14H,6,9-13H2,1-3H3. The van der Waals surface area contributed by atoms with Gasteiger partial charge in [0.2, 0.25) is 5.91 Å². The molecular weight excluding hydrogens is 344 g/mol. The molecule has 7 heteroatoms. The molecular formula is C20H26N4O3. The van der Waals surface area contributed by atoms with Gasteiger partial charge in [0.15, 0.2) is 0 Å². The molecule has 1 aromatic heterocycles. The lowest BCUT2D eigenvalue weighted by molar-refractivity contribution is -0.130. The normalized spacial score (nSPS) is 14.9. The van der Waals surface area contributed by atoms with Crippen molar-refractivity contribution >= 4 is 11.7 Å². The molecule has 1 saturated heterocycles. The minimum Gasteiger partial charge on any atom is -0.356 e. The maximum Gasteiger partial charge on any atom is 0.332 e. The van der Waals surface area contributed by atoms with E-state index in [-0.39, 0.29) is 17.2 Å². The Morgan fingerprint density at radius 1 is 1.00 bits per heavy atom. The molecule has 0 atom stereocenters. The topological polar surface area (TPSA) is 67.6 Å². The second-order valence-corrected chi connectivity index (χ2v) is 7.07. The number of aryl methyl sites for hydroxylation is 1. The van der Waals surface area contributed by atoms with Crippen LogP contribution >= 0.6 is 0 Å². The van der Waals surface area contributed by atoms with Crippen molar-refractivity contribution in [2.24, 2.45) is 14.1 Å². The summed E-state index contributed by atoms with van der Waals surface area (Å²) in [4.78, 5) is 40.8. The number of carbonyl (C=O) groups excluding carboxylic acids is 1. The van der Waals surface area contributed by atoms with Gasteiger partial charge in [-0.1, -0.05) is 24.3 Å². The van der Waals surface area contributed by atoms with Crippen molar-refractivity contribution in [2.45, 2.75) is 19.8 Å². The molecule has 144 valence electrons. The van der Waals surface area contributed by atoms with Crippen LogP contribution < -0.4 is 16.1 Å². The molecule has 1 fully saturated rings. The smallest absolute Gasteiger partial charge is 0.332 e. The zero-order valence-electron chi connectivity index (χ0n) is 16.1. The summed E-state index contributed by atoms with van der Waals surface area (Å²) in [5.41, 5.74) is 1.52. The Morgan fingerprint density at radius 2 is 1.74 bits per heavy atom. The van der Waals surface area contributed by atoms with Gasteiger partial charge >= 0.3 is 5.69 Å². The van der Waals surface area contributed by atoms with Crippen LogP contribution in [0.3, 0.4) is 0 Å². The van der Waals surface area contributed by atoms with Crippen molar-refractivity contribution in [1.29, 1.82) is 0 Å². The number of anilines is 1. The average Bonchev–Trinajstić information content (AvgIpc) is 2.91. The summed E-state index contributed by atoms with van der Waals surface area (Å²) in [6, 6.07) is 9.43. The van der Waals surface area contributed by atoms with Crippen molar-refractivity contribution in [1.82, 2.24) is 14.0 Å². The molecule has 1 aliphatic rings. The second kappa shape index (κ2) is 7.82. The van der Waals surface area contributed by atoms with E-state index in [2.05, 4.69) is 0 Å². The Morgan fingerprint density at radius 3 is 2.48 bits per heavy atom. The van der Waals surface area contributed by atoms with Gasteiger partial charge in [-0.05, 0) is 24.5 Å². The van der Waals surface area contributed by atoms with Gasteiger partial charge < -0.3 is 9.80 Å². The molecule has 2 aromatic rings. The Hall–Kier alpha value is -2.83. The molecule has 0 saturated carbocycles. The first-order valence-corrected chi connectivity index (χ1v) is 9.23. The van der Waals surface area contributed by atoms with Crippen LogP contribution in [-0.4, -0.2) is 46.1 Å². The van der Waals surface area contributed by atoms with E-state index in [1.807, 2.05) is 41.0 Å². The summed E-state index contributed by atoms with van der Waals surface area (Å²) >= 11 is 0. The summed E-state index contributed by atoms with van der Waals surface area (Å²) in [6.07, 6.45) is 1.19. The van der Waals surface area contributed by atoms with Crippen LogP contribution in [0.2, 0.25) is 0 Å². The molecule has 0 radical (unpaired) electrons. The monoisotopic (exact) mass is 370 g/mol. The zero-order valence-corrected chi connectivity index (χ0v) is 16.1. The van der Waals surface area contributed by atoms with Gasteiger partial charge in [-0.3, -0.25) is 18.7 Å². The molecule has 27 heavy (non-hydrogen) atoms. The van der Waals surface area contributed by atoms with E-state index in [0.717, 1.165) is 22.1 Å². The lowest BCUT2D eigenvalue weighted by Gasteiger charge is -2.25. The lowest BCUT2D eigenvalue weighted by Crippen LogP contribution is -2.41. The highest BCUT2D eigenvalue weighted by Gasteiger charge is 2.21. The maximum absolute atomic E-state index is 12.7. The van der Waals surface area contributed by atoms with E-state index in [1.54, 1.807) is 7.05 Å². The van der Waals surface area contributed by atoms with Crippen LogP contribution in [0.5, 0.6) is 0 Å². The first-order valence-electron chi connectivity index (χ1n) is 9.23. The van der Waals surface area contributed by atoms with E-state index in [1.165, 1.54) is 17.7 Å².